The second-order valence-corrected chi connectivity index (χ2v) is 4.74. The lowest BCUT2D eigenvalue weighted by molar-refractivity contribution is -0.107. The van der Waals surface area contributed by atoms with Crippen LogP contribution in [0.2, 0.25) is 6.32 Å². The molecule has 0 aliphatic carbocycles. The zero-order valence-corrected chi connectivity index (χ0v) is 10.5. The van der Waals surface area contributed by atoms with Crippen LogP contribution in [0.3, 0.4) is 0 Å². The van der Waals surface area contributed by atoms with Gasteiger partial charge in [0.05, 0.1) is 11.2 Å². The highest BCUT2D eigenvalue weighted by Crippen LogP contribution is 2.19. The van der Waals surface area contributed by atoms with E-state index in [0.717, 1.165) is 12.8 Å². The summed E-state index contributed by atoms with van der Waals surface area (Å²) in [6, 6.07) is 0. The Bertz CT molecular complexity index is 134. The highest BCUT2D eigenvalue weighted by atomic mass is 16.4. The molecule has 0 spiro atoms. The summed E-state index contributed by atoms with van der Waals surface area (Å²) < 4.78 is 0. The summed E-state index contributed by atoms with van der Waals surface area (Å²) in [5, 5.41) is 34.7. The van der Waals surface area contributed by atoms with Crippen molar-refractivity contribution >= 4 is 7.12 Å². The maximum absolute atomic E-state index is 9.10. The standard InChI is InChI=1S/C6H14O2.C4H11BO2/c1-5(2,7)6(3,4)8;1-2-3-4-5(6)7/h7-8H,1-4H3;6-7H,2-4H2,1H3. The molecule has 0 heterocycles. The fraction of sp³-hybridized carbons (Fsp3) is 1.00. The summed E-state index contributed by atoms with van der Waals surface area (Å²) in [5.41, 5.74) is -2.01. The Morgan fingerprint density at radius 1 is 0.933 bits per heavy atom. The average molecular weight is 220 g/mol. The van der Waals surface area contributed by atoms with E-state index in [9.17, 15) is 0 Å². The minimum absolute atomic E-state index is 0.510. The van der Waals surface area contributed by atoms with Crippen LogP contribution in [0.1, 0.15) is 47.5 Å². The third-order valence-corrected chi connectivity index (χ3v) is 2.31. The van der Waals surface area contributed by atoms with Gasteiger partial charge in [0.1, 0.15) is 0 Å². The molecule has 0 unspecified atom stereocenters. The Hall–Kier alpha value is -0.0951. The van der Waals surface area contributed by atoms with Gasteiger partial charge in [0.15, 0.2) is 0 Å². The van der Waals surface area contributed by atoms with Gasteiger partial charge >= 0.3 is 7.12 Å². The molecule has 0 amide bonds. The smallest absolute Gasteiger partial charge is 0.427 e. The van der Waals surface area contributed by atoms with Crippen LogP contribution in [0, 0.1) is 0 Å². The van der Waals surface area contributed by atoms with Crippen molar-refractivity contribution in [3.05, 3.63) is 0 Å². The van der Waals surface area contributed by atoms with Crippen molar-refractivity contribution in [1.82, 2.24) is 0 Å². The maximum atomic E-state index is 9.10. The first-order chi connectivity index (χ1) is 6.52. The van der Waals surface area contributed by atoms with Crippen LogP contribution in [0.4, 0.5) is 0 Å². The molecule has 15 heavy (non-hydrogen) atoms. The molecule has 0 bridgehead atoms. The molecule has 0 saturated carbocycles. The third kappa shape index (κ3) is 11.8. The van der Waals surface area contributed by atoms with Crippen molar-refractivity contribution in [2.75, 3.05) is 0 Å². The fourth-order valence-electron chi connectivity index (χ4n) is 0.387. The van der Waals surface area contributed by atoms with Gasteiger partial charge in [-0.2, -0.15) is 0 Å². The van der Waals surface area contributed by atoms with Crippen LogP contribution in [0.25, 0.3) is 0 Å². The van der Waals surface area contributed by atoms with E-state index in [1.165, 1.54) is 0 Å². The van der Waals surface area contributed by atoms with Crippen LogP contribution in [0.5, 0.6) is 0 Å². The van der Waals surface area contributed by atoms with Crippen LogP contribution in [-0.4, -0.2) is 38.6 Å². The monoisotopic (exact) mass is 220 g/mol. The molecule has 0 aromatic carbocycles. The summed E-state index contributed by atoms with van der Waals surface area (Å²) in [5.74, 6) is 0. The second kappa shape index (κ2) is 7.22. The van der Waals surface area contributed by atoms with Gasteiger partial charge in [0.2, 0.25) is 0 Å². The maximum Gasteiger partial charge on any atom is 0.451 e. The molecular weight excluding hydrogens is 195 g/mol. The Morgan fingerprint density at radius 3 is 1.33 bits per heavy atom. The summed E-state index contributed by atoms with van der Waals surface area (Å²) in [4.78, 5) is 0. The van der Waals surface area contributed by atoms with E-state index in [-0.39, 0.29) is 0 Å². The fourth-order valence-corrected chi connectivity index (χ4v) is 0.387. The molecule has 4 nitrogen and oxygen atoms in total. The lowest BCUT2D eigenvalue weighted by Crippen LogP contribution is -2.44. The van der Waals surface area contributed by atoms with Crippen LogP contribution < -0.4 is 0 Å². The van der Waals surface area contributed by atoms with E-state index < -0.39 is 18.3 Å². The number of unbranched alkanes of at least 4 members (excludes halogenated alkanes) is 1. The lowest BCUT2D eigenvalue weighted by Gasteiger charge is -2.31. The SMILES string of the molecule is CC(C)(O)C(C)(C)O.CCCCB(O)O. The van der Waals surface area contributed by atoms with Crippen molar-refractivity contribution in [2.24, 2.45) is 0 Å². The van der Waals surface area contributed by atoms with Crippen molar-refractivity contribution in [3.8, 4) is 0 Å². The summed E-state index contributed by atoms with van der Waals surface area (Å²) in [6.07, 6.45) is 2.44. The van der Waals surface area contributed by atoms with E-state index in [1.54, 1.807) is 27.7 Å². The molecule has 0 fully saturated rings. The first kappa shape index (κ1) is 17.3. The van der Waals surface area contributed by atoms with Crippen LogP contribution in [0.15, 0.2) is 0 Å². The quantitative estimate of drug-likeness (QED) is 0.528. The van der Waals surface area contributed by atoms with Gasteiger partial charge in [-0.1, -0.05) is 19.8 Å². The third-order valence-electron chi connectivity index (χ3n) is 2.31. The zero-order chi connectivity index (χ0) is 12.7. The molecule has 0 aliphatic rings. The zero-order valence-electron chi connectivity index (χ0n) is 10.5. The first-order valence-corrected chi connectivity index (χ1v) is 5.33. The molecule has 0 aromatic heterocycles. The molecule has 0 radical (unpaired) electrons. The molecule has 4 N–H and O–H groups in total. The van der Waals surface area contributed by atoms with Gasteiger partial charge in [0, 0.05) is 0 Å². The van der Waals surface area contributed by atoms with E-state index in [1.807, 2.05) is 6.92 Å². The van der Waals surface area contributed by atoms with E-state index in [0.29, 0.717) is 6.32 Å². The first-order valence-electron chi connectivity index (χ1n) is 5.33. The molecule has 0 aliphatic heterocycles. The average Bonchev–Trinajstić information content (AvgIpc) is 1.98. The molecular formula is C10H25BO4. The summed E-state index contributed by atoms with van der Waals surface area (Å²) in [6.45, 7) is 8.32. The number of hydrogen-bond donors (Lipinski definition) is 4. The van der Waals surface area contributed by atoms with E-state index >= 15 is 0 Å². The molecule has 0 aromatic rings. The normalized spacial score (nSPS) is 11.8. The van der Waals surface area contributed by atoms with Gasteiger partial charge in [-0.3, -0.25) is 0 Å². The van der Waals surface area contributed by atoms with Gasteiger partial charge in [0.25, 0.3) is 0 Å². The van der Waals surface area contributed by atoms with E-state index in [2.05, 4.69) is 0 Å². The minimum atomic E-state index is -1.10. The summed E-state index contributed by atoms with van der Waals surface area (Å²) >= 11 is 0. The van der Waals surface area contributed by atoms with Crippen molar-refractivity contribution < 1.29 is 20.3 Å². The van der Waals surface area contributed by atoms with Gasteiger partial charge in [-0.05, 0) is 34.0 Å². The Labute approximate surface area is 93.1 Å². The molecule has 5 heteroatoms. The number of hydrogen-bond acceptors (Lipinski definition) is 4. The lowest BCUT2D eigenvalue weighted by atomic mass is 9.84. The Kier molecular flexibility index (Phi) is 8.33. The predicted octanol–water partition coefficient (Wildman–Crippen LogP) is 0.787. The largest absolute Gasteiger partial charge is 0.451 e. The Morgan fingerprint density at radius 2 is 1.27 bits per heavy atom. The molecule has 0 rings (SSSR count). The van der Waals surface area contributed by atoms with Gasteiger partial charge in [-0.25, -0.2) is 0 Å². The predicted molar refractivity (Wildman–Crippen MR) is 62.5 cm³/mol. The van der Waals surface area contributed by atoms with Crippen molar-refractivity contribution in [2.45, 2.75) is 65.0 Å². The van der Waals surface area contributed by atoms with Gasteiger partial charge < -0.3 is 20.3 Å². The van der Waals surface area contributed by atoms with Gasteiger partial charge in [-0.15, -0.1) is 0 Å². The highest BCUT2D eigenvalue weighted by Gasteiger charge is 2.31. The van der Waals surface area contributed by atoms with Crippen LogP contribution >= 0.6 is 0 Å². The Balaban J connectivity index is 0. The topological polar surface area (TPSA) is 80.9 Å². The molecule has 92 valence electrons. The highest BCUT2D eigenvalue weighted by molar-refractivity contribution is 6.40. The molecule has 0 saturated heterocycles. The van der Waals surface area contributed by atoms with Crippen molar-refractivity contribution in [1.29, 1.82) is 0 Å². The number of aliphatic hydroxyl groups is 2. The van der Waals surface area contributed by atoms with Crippen LogP contribution in [-0.2, 0) is 0 Å². The minimum Gasteiger partial charge on any atom is -0.427 e. The summed E-state index contributed by atoms with van der Waals surface area (Å²) in [7, 11) is -1.10. The second-order valence-electron chi connectivity index (χ2n) is 4.74. The number of rotatable bonds is 4. The van der Waals surface area contributed by atoms with Crippen molar-refractivity contribution in [3.63, 3.8) is 0 Å². The van der Waals surface area contributed by atoms with E-state index in [4.69, 9.17) is 20.3 Å². The molecule has 0 atom stereocenters.